The molecule has 0 amide bonds. The fraction of sp³-hybridized carbons (Fsp3) is 0.950. The van der Waals surface area contributed by atoms with Gasteiger partial charge in [-0.05, 0) is 12.8 Å². The van der Waals surface area contributed by atoms with Crippen molar-refractivity contribution in [2.45, 2.75) is 115 Å². The predicted octanol–water partition coefficient (Wildman–Crippen LogP) is 2.71. The molecule has 1 heterocycles. The van der Waals surface area contributed by atoms with Crippen molar-refractivity contribution in [1.82, 2.24) is 0 Å². The van der Waals surface area contributed by atoms with Crippen LogP contribution in [-0.4, -0.2) is 58.4 Å². The van der Waals surface area contributed by atoms with Crippen LogP contribution in [0.25, 0.3) is 0 Å². The highest BCUT2D eigenvalue weighted by Gasteiger charge is 2.44. The molecular weight excluding hydrogens is 336 g/mol. The van der Waals surface area contributed by atoms with Gasteiger partial charge in [-0.1, -0.05) is 58.8 Å². The van der Waals surface area contributed by atoms with Crippen LogP contribution in [0.5, 0.6) is 0 Å². The van der Waals surface area contributed by atoms with E-state index in [-0.39, 0.29) is 12.2 Å². The Hall–Kier alpha value is -0.530. The Bertz CT molecular complexity index is 375. The van der Waals surface area contributed by atoms with Gasteiger partial charge in [0.15, 0.2) is 6.29 Å². The highest BCUT2D eigenvalue weighted by atomic mass is 16.7. The normalized spacial score (nSPS) is 29.0. The number of aliphatic hydroxyl groups is 3. The van der Waals surface area contributed by atoms with Gasteiger partial charge >= 0.3 is 0 Å². The second-order valence-corrected chi connectivity index (χ2v) is 7.35. The minimum Gasteiger partial charge on any atom is -0.388 e. The number of ketones is 1. The quantitative estimate of drug-likeness (QED) is 0.405. The second kappa shape index (κ2) is 13.6. The molecule has 6 nitrogen and oxygen atoms in total. The highest BCUT2D eigenvalue weighted by Crippen LogP contribution is 2.25. The molecule has 0 bridgehead atoms. The number of hydrogen-bond acceptors (Lipinski definition) is 6. The lowest BCUT2D eigenvalue weighted by Crippen LogP contribution is -2.58. The van der Waals surface area contributed by atoms with E-state index in [4.69, 9.17) is 9.47 Å². The Morgan fingerprint density at radius 1 is 0.846 bits per heavy atom. The van der Waals surface area contributed by atoms with Crippen molar-refractivity contribution >= 4 is 5.78 Å². The molecule has 0 spiro atoms. The Kier molecular flexibility index (Phi) is 12.3. The van der Waals surface area contributed by atoms with E-state index in [0.29, 0.717) is 13.0 Å². The molecule has 6 heteroatoms. The van der Waals surface area contributed by atoms with Gasteiger partial charge in [0.05, 0.1) is 6.10 Å². The molecular formula is C20H38O6. The predicted molar refractivity (Wildman–Crippen MR) is 99.8 cm³/mol. The molecule has 0 unspecified atom stereocenters. The zero-order valence-corrected chi connectivity index (χ0v) is 16.4. The first-order chi connectivity index (χ1) is 12.5. The van der Waals surface area contributed by atoms with E-state index in [9.17, 15) is 20.1 Å². The molecule has 0 aliphatic carbocycles. The third-order valence-electron chi connectivity index (χ3n) is 4.94. The van der Waals surface area contributed by atoms with Crippen molar-refractivity contribution < 1.29 is 29.6 Å². The van der Waals surface area contributed by atoms with Gasteiger partial charge < -0.3 is 24.8 Å². The summed E-state index contributed by atoms with van der Waals surface area (Å²) in [6.07, 6.45) is 4.25. The van der Waals surface area contributed by atoms with Gasteiger partial charge in [0, 0.05) is 19.4 Å². The number of aliphatic hydroxyl groups excluding tert-OH is 3. The Balaban J connectivity index is 2.37. The second-order valence-electron chi connectivity index (χ2n) is 7.35. The summed E-state index contributed by atoms with van der Waals surface area (Å²) in [6, 6.07) is 0. The van der Waals surface area contributed by atoms with Crippen LogP contribution < -0.4 is 0 Å². The van der Waals surface area contributed by atoms with Crippen molar-refractivity contribution in [1.29, 1.82) is 0 Å². The summed E-state index contributed by atoms with van der Waals surface area (Å²) in [4.78, 5) is 12.0. The number of unbranched alkanes of at least 4 members (excludes halogenated alkanes) is 7. The fourth-order valence-electron chi connectivity index (χ4n) is 3.20. The number of Topliss-reactive ketones (excluding diaryl/α,β-unsaturated/α-hetero) is 1. The summed E-state index contributed by atoms with van der Waals surface area (Å²) >= 11 is 0. The lowest BCUT2D eigenvalue weighted by atomic mass is 9.94. The summed E-state index contributed by atoms with van der Waals surface area (Å²) < 4.78 is 11.2. The lowest BCUT2D eigenvalue weighted by molar-refractivity contribution is -0.296. The van der Waals surface area contributed by atoms with Gasteiger partial charge in [0.1, 0.15) is 24.1 Å². The van der Waals surface area contributed by atoms with Gasteiger partial charge in [-0.2, -0.15) is 0 Å². The molecule has 1 saturated heterocycles. The van der Waals surface area contributed by atoms with Gasteiger partial charge in [-0.3, -0.25) is 4.79 Å². The van der Waals surface area contributed by atoms with Gasteiger partial charge in [0.25, 0.3) is 0 Å². The van der Waals surface area contributed by atoms with E-state index in [1.54, 1.807) is 0 Å². The third-order valence-corrected chi connectivity index (χ3v) is 4.94. The van der Waals surface area contributed by atoms with Crippen molar-refractivity contribution in [3.63, 3.8) is 0 Å². The number of ether oxygens (including phenoxy) is 2. The van der Waals surface area contributed by atoms with Crippen LogP contribution in [-0.2, 0) is 14.3 Å². The van der Waals surface area contributed by atoms with Crippen LogP contribution >= 0.6 is 0 Å². The molecule has 0 aromatic heterocycles. The number of rotatable bonds is 14. The van der Waals surface area contributed by atoms with E-state index >= 15 is 0 Å². The van der Waals surface area contributed by atoms with Crippen molar-refractivity contribution in [2.75, 3.05) is 6.61 Å². The molecule has 0 aromatic rings. The average Bonchev–Trinajstić information content (AvgIpc) is 2.62. The summed E-state index contributed by atoms with van der Waals surface area (Å²) in [7, 11) is 0. The standard InChI is InChI=1S/C20H38O6/c1-3-5-7-8-9-11-13-25-20-19(24)18(23)17(22)16(26-20)14-15(21)12-10-6-4-2/h16-20,22-24H,3-14H2,1-2H3/t16-,17-,18+,19-,20-/m1/s1. The van der Waals surface area contributed by atoms with Crippen LogP contribution in [0.4, 0.5) is 0 Å². The number of carbonyl (C=O) groups excluding carboxylic acids is 1. The van der Waals surface area contributed by atoms with Gasteiger partial charge in [-0.15, -0.1) is 0 Å². The maximum absolute atomic E-state index is 12.0. The largest absolute Gasteiger partial charge is 0.388 e. The zero-order valence-electron chi connectivity index (χ0n) is 16.4. The molecule has 26 heavy (non-hydrogen) atoms. The first-order valence-electron chi connectivity index (χ1n) is 10.3. The topological polar surface area (TPSA) is 96.2 Å². The van der Waals surface area contributed by atoms with E-state index in [1.165, 1.54) is 19.3 Å². The van der Waals surface area contributed by atoms with Crippen LogP contribution in [0.2, 0.25) is 0 Å². The summed E-state index contributed by atoms with van der Waals surface area (Å²) in [5.41, 5.74) is 0. The first kappa shape index (κ1) is 23.5. The van der Waals surface area contributed by atoms with Crippen molar-refractivity contribution in [2.24, 2.45) is 0 Å². The molecule has 3 N–H and O–H groups in total. The SMILES string of the molecule is CCCCCCCCO[C@@H]1O[C@H](CC(=O)CCCCC)[C@@H](O)[C@H](O)[C@H]1O. The molecule has 5 atom stereocenters. The van der Waals surface area contributed by atoms with Crippen molar-refractivity contribution in [3.8, 4) is 0 Å². The van der Waals surface area contributed by atoms with E-state index < -0.39 is 30.7 Å². The first-order valence-corrected chi connectivity index (χ1v) is 10.3. The summed E-state index contributed by atoms with van der Waals surface area (Å²) in [5, 5.41) is 30.2. The van der Waals surface area contributed by atoms with Crippen LogP contribution in [0.3, 0.4) is 0 Å². The zero-order chi connectivity index (χ0) is 19.4. The van der Waals surface area contributed by atoms with E-state index in [1.807, 2.05) is 0 Å². The van der Waals surface area contributed by atoms with Crippen LogP contribution in [0.15, 0.2) is 0 Å². The maximum atomic E-state index is 12.0. The van der Waals surface area contributed by atoms with E-state index in [0.717, 1.165) is 38.5 Å². The minimum atomic E-state index is -1.37. The molecule has 1 aliphatic heterocycles. The van der Waals surface area contributed by atoms with Gasteiger partial charge in [-0.25, -0.2) is 0 Å². The minimum absolute atomic E-state index is 0.000707. The summed E-state index contributed by atoms with van der Waals surface area (Å²) in [5.74, 6) is 0.000707. The monoisotopic (exact) mass is 374 g/mol. The number of hydrogen-bond donors (Lipinski definition) is 3. The van der Waals surface area contributed by atoms with Crippen LogP contribution in [0.1, 0.15) is 84.5 Å². The molecule has 1 aliphatic rings. The number of carbonyl (C=O) groups is 1. The molecule has 154 valence electrons. The maximum Gasteiger partial charge on any atom is 0.186 e. The molecule has 1 fully saturated rings. The average molecular weight is 375 g/mol. The van der Waals surface area contributed by atoms with E-state index in [2.05, 4.69) is 13.8 Å². The molecule has 0 aromatic carbocycles. The Labute approximate surface area is 157 Å². The third kappa shape index (κ3) is 8.44. The van der Waals surface area contributed by atoms with Gasteiger partial charge in [0.2, 0.25) is 0 Å². The van der Waals surface area contributed by atoms with Crippen LogP contribution in [0, 0.1) is 0 Å². The fourth-order valence-corrected chi connectivity index (χ4v) is 3.20. The molecule has 1 rings (SSSR count). The molecule has 0 saturated carbocycles. The Morgan fingerprint density at radius 3 is 2.15 bits per heavy atom. The highest BCUT2D eigenvalue weighted by molar-refractivity contribution is 5.78. The van der Waals surface area contributed by atoms with Crippen molar-refractivity contribution in [3.05, 3.63) is 0 Å². The lowest BCUT2D eigenvalue weighted by Gasteiger charge is -2.40. The molecule has 0 radical (unpaired) electrons. The Morgan fingerprint density at radius 2 is 1.46 bits per heavy atom. The smallest absolute Gasteiger partial charge is 0.186 e. The summed E-state index contributed by atoms with van der Waals surface area (Å²) in [6.45, 7) is 4.67.